The molecular formula is C16H24N4S. The fourth-order valence-electron chi connectivity index (χ4n) is 3.47. The van der Waals surface area contributed by atoms with Gasteiger partial charge in [0.1, 0.15) is 0 Å². The summed E-state index contributed by atoms with van der Waals surface area (Å²) < 4.78 is 2.27. The molecule has 0 atom stereocenters. The lowest BCUT2D eigenvalue weighted by molar-refractivity contribution is 0.189. The van der Waals surface area contributed by atoms with Crippen molar-refractivity contribution in [2.75, 3.05) is 13.1 Å². The lowest BCUT2D eigenvalue weighted by Gasteiger charge is -2.32. The minimum atomic E-state index is 0.671. The van der Waals surface area contributed by atoms with Gasteiger partial charge in [0.15, 0.2) is 4.96 Å². The highest BCUT2D eigenvalue weighted by Crippen LogP contribution is 2.29. The molecule has 0 amide bonds. The van der Waals surface area contributed by atoms with Gasteiger partial charge in [-0.1, -0.05) is 0 Å². The van der Waals surface area contributed by atoms with Crippen LogP contribution in [0.4, 0.5) is 0 Å². The van der Waals surface area contributed by atoms with Gasteiger partial charge < -0.3 is 10.2 Å². The quantitative estimate of drug-likeness (QED) is 0.943. The molecule has 114 valence electrons. The monoisotopic (exact) mass is 304 g/mol. The summed E-state index contributed by atoms with van der Waals surface area (Å²) >= 11 is 1.78. The molecule has 4 nitrogen and oxygen atoms in total. The van der Waals surface area contributed by atoms with Crippen LogP contribution in [0, 0.1) is 13.8 Å². The van der Waals surface area contributed by atoms with Crippen LogP contribution in [0.25, 0.3) is 4.96 Å². The van der Waals surface area contributed by atoms with Crippen molar-refractivity contribution in [3.05, 3.63) is 22.5 Å². The Labute approximate surface area is 130 Å². The van der Waals surface area contributed by atoms with E-state index in [9.17, 15) is 0 Å². The van der Waals surface area contributed by atoms with Crippen LogP contribution in [0.2, 0.25) is 0 Å². The molecule has 1 saturated heterocycles. The van der Waals surface area contributed by atoms with E-state index in [0.717, 1.165) is 17.5 Å². The molecule has 2 aromatic heterocycles. The van der Waals surface area contributed by atoms with Crippen molar-refractivity contribution in [1.82, 2.24) is 19.6 Å². The highest BCUT2D eigenvalue weighted by molar-refractivity contribution is 7.17. The highest BCUT2D eigenvalue weighted by Gasteiger charge is 2.31. The number of fused-ring (bicyclic) bond motifs is 1. The Bertz CT molecular complexity index is 632. The molecular weight excluding hydrogens is 280 g/mol. The first kappa shape index (κ1) is 13.7. The summed E-state index contributed by atoms with van der Waals surface area (Å²) in [5.74, 6) is 0. The van der Waals surface area contributed by atoms with Gasteiger partial charge in [-0.05, 0) is 52.6 Å². The standard InChI is InChI=1S/C16H24N4S/c1-11-10-20-15(12(2)18-16(20)21-11)9-17-13-5-7-19(8-6-13)14-3-4-14/h10,13-14,17H,3-9H2,1-2H3. The maximum atomic E-state index is 4.67. The van der Waals surface area contributed by atoms with Gasteiger partial charge in [-0.25, -0.2) is 4.98 Å². The zero-order valence-electron chi connectivity index (χ0n) is 12.9. The summed E-state index contributed by atoms with van der Waals surface area (Å²) in [5, 5.41) is 3.76. The van der Waals surface area contributed by atoms with Crippen molar-refractivity contribution < 1.29 is 0 Å². The molecule has 3 heterocycles. The predicted octanol–water partition coefficient (Wildman–Crippen LogP) is 2.73. The van der Waals surface area contributed by atoms with Crippen LogP contribution < -0.4 is 5.32 Å². The molecule has 21 heavy (non-hydrogen) atoms. The van der Waals surface area contributed by atoms with E-state index >= 15 is 0 Å². The molecule has 1 N–H and O–H groups in total. The van der Waals surface area contributed by atoms with E-state index < -0.39 is 0 Å². The first-order valence-electron chi connectivity index (χ1n) is 8.12. The van der Waals surface area contributed by atoms with Crippen LogP contribution in [-0.2, 0) is 6.54 Å². The van der Waals surface area contributed by atoms with Crippen LogP contribution in [0.5, 0.6) is 0 Å². The molecule has 0 aromatic carbocycles. The third-order valence-electron chi connectivity index (χ3n) is 4.89. The molecule has 0 unspecified atom stereocenters. The number of hydrogen-bond donors (Lipinski definition) is 1. The number of nitrogens with zero attached hydrogens (tertiary/aromatic N) is 3. The van der Waals surface area contributed by atoms with Crippen molar-refractivity contribution in [2.24, 2.45) is 0 Å². The maximum Gasteiger partial charge on any atom is 0.194 e. The Hall–Kier alpha value is -0.910. The van der Waals surface area contributed by atoms with E-state index in [1.54, 1.807) is 11.3 Å². The zero-order valence-corrected chi connectivity index (χ0v) is 13.7. The highest BCUT2D eigenvalue weighted by atomic mass is 32.1. The summed E-state index contributed by atoms with van der Waals surface area (Å²) in [6.45, 7) is 7.78. The fraction of sp³-hybridized carbons (Fsp3) is 0.688. The fourth-order valence-corrected chi connectivity index (χ4v) is 4.36. The lowest BCUT2D eigenvalue weighted by atomic mass is 10.0. The summed E-state index contributed by atoms with van der Waals surface area (Å²) in [4.78, 5) is 9.82. The van der Waals surface area contributed by atoms with Gasteiger partial charge in [-0.3, -0.25) is 4.40 Å². The number of nitrogens with one attached hydrogen (secondary N) is 1. The smallest absolute Gasteiger partial charge is 0.194 e. The molecule has 2 fully saturated rings. The van der Waals surface area contributed by atoms with Crippen LogP contribution in [0.15, 0.2) is 6.20 Å². The Balaban J connectivity index is 1.38. The molecule has 0 bridgehead atoms. The normalized spacial score (nSPS) is 21.4. The van der Waals surface area contributed by atoms with E-state index in [4.69, 9.17) is 0 Å². The molecule has 1 aliphatic carbocycles. The Morgan fingerprint density at radius 3 is 2.71 bits per heavy atom. The zero-order chi connectivity index (χ0) is 14.4. The number of imidazole rings is 1. The Kier molecular flexibility index (Phi) is 3.52. The number of rotatable bonds is 4. The third kappa shape index (κ3) is 2.74. The number of aromatic nitrogens is 2. The molecule has 2 aromatic rings. The van der Waals surface area contributed by atoms with Gasteiger partial charge >= 0.3 is 0 Å². The number of aryl methyl sites for hydroxylation is 2. The Morgan fingerprint density at radius 2 is 2.00 bits per heavy atom. The van der Waals surface area contributed by atoms with Crippen LogP contribution in [0.1, 0.15) is 41.9 Å². The van der Waals surface area contributed by atoms with E-state index in [1.807, 2.05) is 0 Å². The van der Waals surface area contributed by atoms with Gasteiger partial charge in [-0.2, -0.15) is 0 Å². The third-order valence-corrected chi connectivity index (χ3v) is 5.79. The molecule has 0 radical (unpaired) electrons. The van der Waals surface area contributed by atoms with Gasteiger partial charge in [0, 0.05) is 29.7 Å². The van der Waals surface area contributed by atoms with Gasteiger partial charge in [0.2, 0.25) is 0 Å². The topological polar surface area (TPSA) is 32.6 Å². The van der Waals surface area contributed by atoms with Gasteiger partial charge in [-0.15, -0.1) is 11.3 Å². The summed E-state index contributed by atoms with van der Waals surface area (Å²) in [6.07, 6.45) is 7.66. The molecule has 1 saturated carbocycles. The van der Waals surface area contributed by atoms with Gasteiger partial charge in [0.05, 0.1) is 11.4 Å². The number of piperidine rings is 1. The number of thiazole rings is 1. The second-order valence-corrected chi connectivity index (χ2v) is 7.77. The van der Waals surface area contributed by atoms with E-state index in [0.29, 0.717) is 6.04 Å². The molecule has 2 aliphatic rings. The van der Waals surface area contributed by atoms with E-state index in [1.165, 1.54) is 55.0 Å². The first-order chi connectivity index (χ1) is 10.2. The molecule has 4 rings (SSSR count). The predicted molar refractivity (Wildman–Crippen MR) is 87.0 cm³/mol. The average molecular weight is 304 g/mol. The van der Waals surface area contributed by atoms with Crippen molar-refractivity contribution >= 4 is 16.3 Å². The van der Waals surface area contributed by atoms with Gasteiger partial charge in [0.25, 0.3) is 0 Å². The average Bonchev–Trinajstić information content (AvgIpc) is 3.19. The first-order valence-corrected chi connectivity index (χ1v) is 8.94. The molecule has 1 aliphatic heterocycles. The van der Waals surface area contributed by atoms with E-state index in [-0.39, 0.29) is 0 Å². The number of hydrogen-bond acceptors (Lipinski definition) is 4. The largest absolute Gasteiger partial charge is 0.308 e. The SMILES string of the molecule is Cc1cn2c(CNC3CCN(C4CC4)CC3)c(C)nc2s1. The molecule has 0 spiro atoms. The summed E-state index contributed by atoms with van der Waals surface area (Å²) in [6, 6.07) is 1.60. The van der Waals surface area contributed by atoms with Crippen LogP contribution >= 0.6 is 11.3 Å². The van der Waals surface area contributed by atoms with Crippen molar-refractivity contribution in [3.63, 3.8) is 0 Å². The summed E-state index contributed by atoms with van der Waals surface area (Å²) in [5.41, 5.74) is 2.50. The minimum absolute atomic E-state index is 0.671. The lowest BCUT2D eigenvalue weighted by Crippen LogP contribution is -2.43. The minimum Gasteiger partial charge on any atom is -0.308 e. The second-order valence-electron chi connectivity index (χ2n) is 6.56. The maximum absolute atomic E-state index is 4.67. The molecule has 5 heteroatoms. The van der Waals surface area contributed by atoms with E-state index in [2.05, 4.69) is 39.6 Å². The van der Waals surface area contributed by atoms with Crippen LogP contribution in [-0.4, -0.2) is 39.5 Å². The Morgan fingerprint density at radius 1 is 1.24 bits per heavy atom. The number of likely N-dealkylation sites (tertiary alicyclic amines) is 1. The van der Waals surface area contributed by atoms with Crippen molar-refractivity contribution in [2.45, 2.75) is 58.2 Å². The second kappa shape index (κ2) is 5.38. The summed E-state index contributed by atoms with van der Waals surface area (Å²) in [7, 11) is 0. The van der Waals surface area contributed by atoms with Crippen molar-refractivity contribution in [1.29, 1.82) is 0 Å². The van der Waals surface area contributed by atoms with Crippen LogP contribution in [0.3, 0.4) is 0 Å². The van der Waals surface area contributed by atoms with Crippen molar-refractivity contribution in [3.8, 4) is 0 Å².